The summed E-state index contributed by atoms with van der Waals surface area (Å²) in [5.41, 5.74) is 2.46. The van der Waals surface area contributed by atoms with Crippen LogP contribution in [0, 0.1) is 5.82 Å². The molecular weight excluding hydrogens is 405 g/mol. The Hall–Kier alpha value is -2.87. The summed E-state index contributed by atoms with van der Waals surface area (Å²) in [6, 6.07) is 13.6. The Morgan fingerprint density at radius 1 is 0.867 bits per heavy atom. The Bertz CT molecular complexity index is 1030. The van der Waals surface area contributed by atoms with E-state index in [1.165, 1.54) is 16.4 Å². The van der Waals surface area contributed by atoms with Gasteiger partial charge >= 0.3 is 0 Å². The van der Waals surface area contributed by atoms with Gasteiger partial charge < -0.3 is 9.80 Å². The van der Waals surface area contributed by atoms with E-state index < -0.39 is 10.0 Å². The fourth-order valence-electron chi connectivity index (χ4n) is 3.79. The fourth-order valence-corrected chi connectivity index (χ4v) is 5.36. The van der Waals surface area contributed by atoms with Crippen LogP contribution >= 0.6 is 0 Å². The number of sulfonamides is 1. The maximum atomic E-state index is 13.1. The van der Waals surface area contributed by atoms with Crippen LogP contribution in [-0.4, -0.2) is 57.7 Å². The second-order valence-electron chi connectivity index (χ2n) is 7.46. The predicted octanol–water partition coefficient (Wildman–Crippen LogP) is 2.73. The maximum Gasteiger partial charge on any atom is 0.246 e. The summed E-state index contributed by atoms with van der Waals surface area (Å²) in [6.45, 7) is 3.12. The Balaban J connectivity index is 1.32. The van der Waals surface area contributed by atoms with E-state index in [1.807, 2.05) is 12.1 Å². The highest BCUT2D eigenvalue weighted by Gasteiger charge is 2.28. The Morgan fingerprint density at radius 2 is 1.50 bits per heavy atom. The largest absolute Gasteiger partial charge is 0.368 e. The third-order valence-electron chi connectivity index (χ3n) is 5.48. The lowest BCUT2D eigenvalue weighted by Crippen LogP contribution is -2.48. The third kappa shape index (κ3) is 4.48. The summed E-state index contributed by atoms with van der Waals surface area (Å²) < 4.78 is 38.5. The van der Waals surface area contributed by atoms with Gasteiger partial charge in [0.25, 0.3) is 0 Å². The summed E-state index contributed by atoms with van der Waals surface area (Å²) in [4.78, 5) is 16.4. The first-order valence-electron chi connectivity index (χ1n) is 10.0. The Kier molecular flexibility index (Phi) is 5.76. The summed E-state index contributed by atoms with van der Waals surface area (Å²) >= 11 is 0. The van der Waals surface area contributed by atoms with Gasteiger partial charge in [-0.3, -0.25) is 9.10 Å². The number of halogens is 1. The van der Waals surface area contributed by atoms with Crippen LogP contribution < -0.4 is 9.21 Å². The van der Waals surface area contributed by atoms with E-state index in [9.17, 15) is 17.6 Å². The summed E-state index contributed by atoms with van der Waals surface area (Å²) in [6.07, 6.45) is 3.94. The number of benzene rings is 2. The first kappa shape index (κ1) is 20.4. The van der Waals surface area contributed by atoms with Crippen molar-refractivity contribution in [1.29, 1.82) is 0 Å². The minimum absolute atomic E-state index is 0.0556. The first-order valence-corrected chi connectivity index (χ1v) is 11.6. The van der Waals surface area contributed by atoms with Crippen molar-refractivity contribution in [2.75, 3.05) is 47.7 Å². The maximum absolute atomic E-state index is 13.1. The predicted molar refractivity (Wildman–Crippen MR) is 116 cm³/mol. The molecule has 6 nitrogen and oxygen atoms in total. The number of nitrogens with zero attached hydrogens (tertiary/aromatic N) is 3. The second kappa shape index (κ2) is 8.47. The molecule has 0 aliphatic carbocycles. The van der Waals surface area contributed by atoms with Gasteiger partial charge in [-0.1, -0.05) is 12.1 Å². The summed E-state index contributed by atoms with van der Waals surface area (Å²) in [5, 5.41) is 0. The van der Waals surface area contributed by atoms with Gasteiger partial charge in [-0.2, -0.15) is 0 Å². The average molecular weight is 430 g/mol. The highest BCUT2D eigenvalue weighted by molar-refractivity contribution is 7.93. The van der Waals surface area contributed by atoms with Crippen molar-refractivity contribution in [1.82, 2.24) is 4.90 Å². The number of hydrogen-bond acceptors (Lipinski definition) is 4. The molecule has 30 heavy (non-hydrogen) atoms. The van der Waals surface area contributed by atoms with E-state index in [0.29, 0.717) is 44.8 Å². The topological polar surface area (TPSA) is 60.9 Å². The van der Waals surface area contributed by atoms with E-state index in [2.05, 4.69) is 4.90 Å². The zero-order chi connectivity index (χ0) is 21.1. The molecule has 2 aromatic carbocycles. The Morgan fingerprint density at radius 3 is 2.10 bits per heavy atom. The third-order valence-corrected chi connectivity index (χ3v) is 7.35. The quantitative estimate of drug-likeness (QED) is 0.702. The lowest BCUT2D eigenvalue weighted by Gasteiger charge is -2.35. The molecule has 2 fully saturated rings. The number of carbonyl (C=O) groups excluding carboxylic acids is 1. The lowest BCUT2D eigenvalue weighted by molar-refractivity contribution is -0.126. The highest BCUT2D eigenvalue weighted by atomic mass is 32.2. The van der Waals surface area contributed by atoms with Crippen molar-refractivity contribution < 1.29 is 17.6 Å². The smallest absolute Gasteiger partial charge is 0.246 e. The number of hydrogen-bond donors (Lipinski definition) is 0. The van der Waals surface area contributed by atoms with Crippen LogP contribution in [0.2, 0.25) is 0 Å². The molecule has 2 heterocycles. The molecule has 158 valence electrons. The molecule has 4 rings (SSSR count). The number of piperazine rings is 1. The monoisotopic (exact) mass is 429 g/mol. The second-order valence-corrected chi connectivity index (χ2v) is 9.47. The van der Waals surface area contributed by atoms with Gasteiger partial charge in [0, 0.05) is 44.5 Å². The zero-order valence-electron chi connectivity index (χ0n) is 16.6. The van der Waals surface area contributed by atoms with E-state index in [0.717, 1.165) is 11.3 Å². The van der Waals surface area contributed by atoms with Crippen molar-refractivity contribution in [3.63, 3.8) is 0 Å². The first-order chi connectivity index (χ1) is 14.4. The molecule has 2 aromatic rings. The molecule has 0 spiro atoms. The van der Waals surface area contributed by atoms with Crippen LogP contribution in [0.15, 0.2) is 54.6 Å². The van der Waals surface area contributed by atoms with Crippen LogP contribution in [0.4, 0.5) is 15.8 Å². The standard InChI is InChI=1S/C22H24FN3O3S/c23-19-5-9-20(10-6-19)24-13-15-25(16-14-24)22(27)11-4-18-2-7-21(8-3-18)26-12-1-17-30(26,28)29/h2-11H,1,12-17H2/b11-4+. The van der Waals surface area contributed by atoms with Gasteiger partial charge in [0.1, 0.15) is 5.82 Å². The van der Waals surface area contributed by atoms with Crippen LogP contribution in [0.25, 0.3) is 6.08 Å². The molecule has 8 heteroatoms. The molecule has 0 unspecified atom stereocenters. The average Bonchev–Trinajstić information content (AvgIpc) is 3.12. The number of anilines is 2. The number of rotatable bonds is 4. The SMILES string of the molecule is O=C(/C=C/c1ccc(N2CCCS2(=O)=O)cc1)N1CCN(c2ccc(F)cc2)CC1. The number of amides is 1. The van der Waals surface area contributed by atoms with Gasteiger partial charge in [-0.25, -0.2) is 12.8 Å². The fraction of sp³-hybridized carbons (Fsp3) is 0.318. The number of carbonyl (C=O) groups is 1. The van der Waals surface area contributed by atoms with Crippen LogP contribution in [-0.2, 0) is 14.8 Å². The molecular formula is C22H24FN3O3S. The summed E-state index contributed by atoms with van der Waals surface area (Å²) in [7, 11) is -3.19. The summed E-state index contributed by atoms with van der Waals surface area (Å²) in [5.74, 6) is -0.120. The van der Waals surface area contributed by atoms with E-state index in [-0.39, 0.29) is 17.5 Å². The molecule has 2 aliphatic rings. The minimum atomic E-state index is -3.19. The molecule has 0 N–H and O–H groups in total. The van der Waals surface area contributed by atoms with E-state index >= 15 is 0 Å². The normalized spacial score (nSPS) is 18.9. The van der Waals surface area contributed by atoms with E-state index in [1.54, 1.807) is 41.3 Å². The molecule has 0 atom stereocenters. The van der Waals surface area contributed by atoms with Gasteiger partial charge in [0.15, 0.2) is 0 Å². The van der Waals surface area contributed by atoms with Crippen molar-refractivity contribution in [2.45, 2.75) is 6.42 Å². The molecule has 2 aliphatic heterocycles. The Labute approximate surface area is 176 Å². The van der Waals surface area contributed by atoms with Crippen molar-refractivity contribution in [2.24, 2.45) is 0 Å². The van der Waals surface area contributed by atoms with Gasteiger partial charge in [0.2, 0.25) is 15.9 Å². The van der Waals surface area contributed by atoms with Crippen molar-refractivity contribution in [3.8, 4) is 0 Å². The molecule has 1 amide bonds. The van der Waals surface area contributed by atoms with Crippen molar-refractivity contribution in [3.05, 3.63) is 66.0 Å². The van der Waals surface area contributed by atoms with Gasteiger partial charge in [-0.05, 0) is 54.5 Å². The molecule has 0 radical (unpaired) electrons. The minimum Gasteiger partial charge on any atom is -0.368 e. The van der Waals surface area contributed by atoms with Gasteiger partial charge in [0.05, 0.1) is 11.4 Å². The molecule has 2 saturated heterocycles. The van der Waals surface area contributed by atoms with Crippen LogP contribution in [0.1, 0.15) is 12.0 Å². The molecule has 0 aromatic heterocycles. The van der Waals surface area contributed by atoms with Crippen LogP contribution in [0.3, 0.4) is 0 Å². The highest BCUT2D eigenvalue weighted by Crippen LogP contribution is 2.24. The van der Waals surface area contributed by atoms with Crippen molar-refractivity contribution >= 4 is 33.4 Å². The van der Waals surface area contributed by atoms with Crippen LogP contribution in [0.5, 0.6) is 0 Å². The molecule has 0 bridgehead atoms. The van der Waals surface area contributed by atoms with E-state index in [4.69, 9.17) is 0 Å². The zero-order valence-corrected chi connectivity index (χ0v) is 17.4. The lowest BCUT2D eigenvalue weighted by atomic mass is 10.2. The molecule has 0 saturated carbocycles. The van der Waals surface area contributed by atoms with Gasteiger partial charge in [-0.15, -0.1) is 0 Å².